The fourth-order valence-corrected chi connectivity index (χ4v) is 4.03. The van der Waals surface area contributed by atoms with Crippen LogP contribution >= 0.6 is 0 Å². The summed E-state index contributed by atoms with van der Waals surface area (Å²) in [6, 6.07) is 9.98. The highest BCUT2D eigenvalue weighted by molar-refractivity contribution is 5.94. The molecule has 5 unspecified atom stereocenters. The van der Waals surface area contributed by atoms with Crippen LogP contribution in [-0.4, -0.2) is 69.1 Å². The Hall–Kier alpha value is -4.45. The minimum atomic E-state index is -1.23. The Bertz CT molecular complexity index is 1190. The summed E-state index contributed by atoms with van der Waals surface area (Å²) in [5.74, 6) is -4.90. The maximum atomic E-state index is 13.5. The first kappa shape index (κ1) is 32.8. The number of hydrogen-bond acceptors (Lipinski definition) is 7. The zero-order chi connectivity index (χ0) is 30.5. The molecule has 0 aliphatic heterocycles. The van der Waals surface area contributed by atoms with Crippen LogP contribution in [0.15, 0.2) is 54.6 Å². The van der Waals surface area contributed by atoms with E-state index in [4.69, 9.17) is 10.8 Å². The molecular formula is C29H38N4O8. The molecule has 222 valence electrons. The summed E-state index contributed by atoms with van der Waals surface area (Å²) in [6.45, 7) is 3.48. The van der Waals surface area contributed by atoms with Gasteiger partial charge < -0.3 is 37.0 Å². The van der Waals surface area contributed by atoms with Gasteiger partial charge in [0.1, 0.15) is 23.9 Å². The SMILES string of the molecule is CCC(C)C(NC(=O)C(Cc1ccc(O)cc1)NC(=O)C(Cc1ccccc1)NC(=O)C(N)CCC(=O)O)C(=O)O. The van der Waals surface area contributed by atoms with Gasteiger partial charge in [-0.2, -0.15) is 0 Å². The lowest BCUT2D eigenvalue weighted by molar-refractivity contribution is -0.144. The van der Waals surface area contributed by atoms with Crippen molar-refractivity contribution in [1.29, 1.82) is 0 Å². The molecule has 0 spiro atoms. The smallest absolute Gasteiger partial charge is 0.326 e. The third kappa shape index (κ3) is 10.9. The zero-order valence-electron chi connectivity index (χ0n) is 23.1. The molecule has 0 aromatic heterocycles. The van der Waals surface area contributed by atoms with Gasteiger partial charge in [0.05, 0.1) is 6.04 Å². The quantitative estimate of drug-likeness (QED) is 0.153. The van der Waals surface area contributed by atoms with Gasteiger partial charge in [-0.05, 0) is 35.6 Å². The molecule has 2 aromatic carbocycles. The molecule has 12 nitrogen and oxygen atoms in total. The van der Waals surface area contributed by atoms with Gasteiger partial charge in [-0.1, -0.05) is 62.7 Å². The van der Waals surface area contributed by atoms with Crippen molar-refractivity contribution in [2.24, 2.45) is 11.7 Å². The molecule has 8 N–H and O–H groups in total. The maximum absolute atomic E-state index is 13.5. The second-order valence-corrected chi connectivity index (χ2v) is 9.93. The first-order valence-electron chi connectivity index (χ1n) is 13.3. The Morgan fingerprint density at radius 2 is 1.29 bits per heavy atom. The van der Waals surface area contributed by atoms with Crippen LogP contribution in [0, 0.1) is 5.92 Å². The molecule has 0 radical (unpaired) electrons. The summed E-state index contributed by atoms with van der Waals surface area (Å²) in [4.78, 5) is 62.4. The normalized spacial score (nSPS) is 14.5. The summed E-state index contributed by atoms with van der Waals surface area (Å²) in [7, 11) is 0. The number of aliphatic carboxylic acids is 2. The molecule has 41 heavy (non-hydrogen) atoms. The van der Waals surface area contributed by atoms with Gasteiger partial charge in [0.2, 0.25) is 17.7 Å². The Morgan fingerprint density at radius 3 is 1.80 bits per heavy atom. The van der Waals surface area contributed by atoms with E-state index in [2.05, 4.69) is 16.0 Å². The topological polar surface area (TPSA) is 208 Å². The van der Waals surface area contributed by atoms with Crippen LogP contribution in [0.1, 0.15) is 44.2 Å². The van der Waals surface area contributed by atoms with Crippen molar-refractivity contribution in [3.05, 3.63) is 65.7 Å². The molecule has 3 amide bonds. The molecule has 0 aliphatic rings. The molecule has 0 fully saturated rings. The van der Waals surface area contributed by atoms with Crippen molar-refractivity contribution in [1.82, 2.24) is 16.0 Å². The highest BCUT2D eigenvalue weighted by Crippen LogP contribution is 2.14. The van der Waals surface area contributed by atoms with Crippen molar-refractivity contribution in [3.8, 4) is 5.75 Å². The number of carbonyl (C=O) groups excluding carboxylic acids is 3. The number of benzene rings is 2. The molecule has 0 saturated carbocycles. The van der Waals surface area contributed by atoms with Crippen LogP contribution in [0.5, 0.6) is 5.75 Å². The number of nitrogens with one attached hydrogen (secondary N) is 3. The van der Waals surface area contributed by atoms with Crippen LogP contribution in [0.25, 0.3) is 0 Å². The van der Waals surface area contributed by atoms with Crippen molar-refractivity contribution in [3.63, 3.8) is 0 Å². The molecular weight excluding hydrogens is 532 g/mol. The van der Waals surface area contributed by atoms with Gasteiger partial charge in [0, 0.05) is 19.3 Å². The first-order valence-corrected chi connectivity index (χ1v) is 13.3. The fourth-order valence-electron chi connectivity index (χ4n) is 4.03. The van der Waals surface area contributed by atoms with Gasteiger partial charge >= 0.3 is 11.9 Å². The summed E-state index contributed by atoms with van der Waals surface area (Å²) in [6.07, 6.45) is 0.0233. The van der Waals surface area contributed by atoms with E-state index in [0.29, 0.717) is 17.5 Å². The molecule has 5 atom stereocenters. The van der Waals surface area contributed by atoms with Crippen molar-refractivity contribution >= 4 is 29.7 Å². The van der Waals surface area contributed by atoms with Gasteiger partial charge in [0.15, 0.2) is 0 Å². The predicted molar refractivity (Wildman–Crippen MR) is 150 cm³/mol. The number of carbonyl (C=O) groups is 5. The molecule has 0 aliphatic carbocycles. The van der Waals surface area contributed by atoms with Gasteiger partial charge in [-0.25, -0.2) is 4.79 Å². The number of aromatic hydroxyl groups is 1. The molecule has 2 rings (SSSR count). The predicted octanol–water partition coefficient (Wildman–Crippen LogP) is 0.955. The monoisotopic (exact) mass is 570 g/mol. The third-order valence-electron chi connectivity index (χ3n) is 6.71. The third-order valence-corrected chi connectivity index (χ3v) is 6.71. The molecule has 0 heterocycles. The Balaban J connectivity index is 2.32. The summed E-state index contributed by atoms with van der Waals surface area (Å²) < 4.78 is 0. The van der Waals surface area contributed by atoms with E-state index in [1.165, 1.54) is 12.1 Å². The minimum Gasteiger partial charge on any atom is -0.508 e. The molecule has 0 bridgehead atoms. The lowest BCUT2D eigenvalue weighted by Crippen LogP contribution is -2.58. The van der Waals surface area contributed by atoms with Crippen molar-refractivity contribution < 1.29 is 39.3 Å². The number of phenolic OH excluding ortho intramolecular Hbond substituents is 1. The number of phenols is 1. The van der Waals surface area contributed by atoms with Gasteiger partial charge in [-0.3, -0.25) is 19.2 Å². The Kier molecular flexibility index (Phi) is 12.8. The number of carboxylic acid groups (broad SMARTS) is 2. The number of amides is 3. The Labute approximate surface area is 238 Å². The maximum Gasteiger partial charge on any atom is 0.326 e. The lowest BCUT2D eigenvalue weighted by Gasteiger charge is -2.27. The van der Waals surface area contributed by atoms with E-state index < -0.39 is 53.8 Å². The van der Waals surface area contributed by atoms with E-state index in [1.54, 1.807) is 56.3 Å². The van der Waals surface area contributed by atoms with Gasteiger partial charge in [-0.15, -0.1) is 0 Å². The molecule has 2 aromatic rings. The highest BCUT2D eigenvalue weighted by atomic mass is 16.4. The van der Waals surface area contributed by atoms with Gasteiger partial charge in [0.25, 0.3) is 0 Å². The summed E-state index contributed by atoms with van der Waals surface area (Å²) in [5.41, 5.74) is 7.13. The van der Waals surface area contributed by atoms with Crippen LogP contribution in [0.2, 0.25) is 0 Å². The van der Waals surface area contributed by atoms with E-state index in [9.17, 15) is 34.2 Å². The van der Waals surface area contributed by atoms with E-state index in [-0.39, 0.29) is 37.4 Å². The number of rotatable bonds is 16. The molecule has 12 heteroatoms. The second kappa shape index (κ2) is 16.0. The van der Waals surface area contributed by atoms with Crippen LogP contribution in [0.3, 0.4) is 0 Å². The number of carboxylic acids is 2. The van der Waals surface area contributed by atoms with E-state index in [1.807, 2.05) is 0 Å². The van der Waals surface area contributed by atoms with Crippen molar-refractivity contribution in [2.75, 3.05) is 0 Å². The largest absolute Gasteiger partial charge is 0.508 e. The van der Waals surface area contributed by atoms with Crippen molar-refractivity contribution in [2.45, 2.75) is 70.1 Å². The summed E-state index contributed by atoms with van der Waals surface area (Å²) >= 11 is 0. The second-order valence-electron chi connectivity index (χ2n) is 9.93. The first-order chi connectivity index (χ1) is 19.4. The van der Waals surface area contributed by atoms with E-state index >= 15 is 0 Å². The average Bonchev–Trinajstić information content (AvgIpc) is 2.94. The van der Waals surface area contributed by atoms with E-state index in [0.717, 1.165) is 0 Å². The molecule has 0 saturated heterocycles. The van der Waals surface area contributed by atoms with Crippen LogP contribution in [0.4, 0.5) is 0 Å². The summed E-state index contributed by atoms with van der Waals surface area (Å²) in [5, 5.41) is 35.9. The highest BCUT2D eigenvalue weighted by Gasteiger charge is 2.32. The number of hydrogen-bond donors (Lipinski definition) is 7. The Morgan fingerprint density at radius 1 is 0.780 bits per heavy atom. The minimum absolute atomic E-state index is 0.00590. The van der Waals surface area contributed by atoms with Crippen LogP contribution < -0.4 is 21.7 Å². The van der Waals surface area contributed by atoms with Crippen LogP contribution in [-0.2, 0) is 36.8 Å². The zero-order valence-corrected chi connectivity index (χ0v) is 23.1. The average molecular weight is 571 g/mol. The fraction of sp³-hybridized carbons (Fsp3) is 0.414. The lowest BCUT2D eigenvalue weighted by atomic mass is 9.97. The standard InChI is InChI=1S/C29H38N4O8/c1-3-17(2)25(29(40)41)33-28(39)23(16-19-9-11-20(34)12-10-19)32-27(38)22(15-18-7-5-4-6-8-18)31-26(37)21(30)13-14-24(35)36/h4-12,17,21-23,25,34H,3,13-16,30H2,1-2H3,(H,31,37)(H,32,38)(H,33,39)(H,35,36)(H,40,41). The number of nitrogens with two attached hydrogens (primary N) is 1.